The predicted molar refractivity (Wildman–Crippen MR) is 62.8 cm³/mol. The highest BCUT2D eigenvalue weighted by molar-refractivity contribution is 6.58. The molecule has 1 saturated carbocycles. The van der Waals surface area contributed by atoms with Gasteiger partial charge in [-0.3, -0.25) is 4.79 Å². The van der Waals surface area contributed by atoms with Gasteiger partial charge in [-0.05, 0) is 29.8 Å². The molecular formula is C11H14BNO4. The average Bonchev–Trinajstić information content (AvgIpc) is 2.24. The number of hydrogen-bond acceptors (Lipinski definition) is 4. The number of benzene rings is 1. The summed E-state index contributed by atoms with van der Waals surface area (Å²) in [6.45, 7) is 0. The van der Waals surface area contributed by atoms with Crippen LogP contribution in [0.15, 0.2) is 24.3 Å². The lowest BCUT2D eigenvalue weighted by Crippen LogP contribution is -2.57. The molecule has 1 aliphatic carbocycles. The Labute approximate surface area is 99.0 Å². The van der Waals surface area contributed by atoms with Crippen LogP contribution in [-0.4, -0.2) is 33.8 Å². The summed E-state index contributed by atoms with van der Waals surface area (Å²) in [6, 6.07) is 6.80. The zero-order valence-electron chi connectivity index (χ0n) is 9.21. The van der Waals surface area contributed by atoms with Crippen molar-refractivity contribution in [2.75, 3.05) is 0 Å². The number of carboxylic acids is 1. The van der Waals surface area contributed by atoms with Crippen molar-refractivity contribution in [3.05, 3.63) is 29.8 Å². The van der Waals surface area contributed by atoms with E-state index in [-0.39, 0.29) is 5.92 Å². The Morgan fingerprint density at radius 1 is 1.29 bits per heavy atom. The van der Waals surface area contributed by atoms with E-state index in [0.29, 0.717) is 18.3 Å². The number of aliphatic carboxylic acids is 1. The standard InChI is InChI=1S/C11H14BNO4/c13-11(10(14)15)5-8(6-11)7-1-3-9(4-2-7)12(16)17/h1-4,8,16-17H,5-6,13H2,(H,14,15). The fourth-order valence-electron chi connectivity index (χ4n) is 2.17. The third-order valence-electron chi connectivity index (χ3n) is 3.35. The van der Waals surface area contributed by atoms with E-state index in [1.807, 2.05) is 0 Å². The molecule has 5 N–H and O–H groups in total. The number of rotatable bonds is 3. The molecule has 90 valence electrons. The maximum atomic E-state index is 10.8. The first-order valence-electron chi connectivity index (χ1n) is 5.41. The third-order valence-corrected chi connectivity index (χ3v) is 3.35. The Bertz CT molecular complexity index is 426. The molecule has 0 aliphatic heterocycles. The lowest BCUT2D eigenvalue weighted by molar-refractivity contribution is -0.147. The van der Waals surface area contributed by atoms with Crippen molar-refractivity contribution >= 4 is 18.6 Å². The van der Waals surface area contributed by atoms with Crippen LogP contribution >= 0.6 is 0 Å². The Hall–Kier alpha value is -1.37. The second kappa shape index (κ2) is 4.14. The number of hydrogen-bond donors (Lipinski definition) is 4. The molecule has 1 aromatic carbocycles. The minimum Gasteiger partial charge on any atom is -0.480 e. The van der Waals surface area contributed by atoms with E-state index in [0.717, 1.165) is 5.56 Å². The minimum atomic E-state index is -1.47. The van der Waals surface area contributed by atoms with Gasteiger partial charge in [0.15, 0.2) is 0 Å². The second-order valence-electron chi connectivity index (χ2n) is 4.61. The van der Waals surface area contributed by atoms with Crippen LogP contribution < -0.4 is 11.2 Å². The van der Waals surface area contributed by atoms with E-state index in [1.165, 1.54) is 0 Å². The molecule has 5 nitrogen and oxygen atoms in total. The second-order valence-corrected chi connectivity index (χ2v) is 4.61. The first-order valence-corrected chi connectivity index (χ1v) is 5.41. The number of carbonyl (C=O) groups is 1. The molecule has 0 radical (unpaired) electrons. The van der Waals surface area contributed by atoms with Gasteiger partial charge >= 0.3 is 13.1 Å². The molecule has 0 unspecified atom stereocenters. The quantitative estimate of drug-likeness (QED) is 0.504. The topological polar surface area (TPSA) is 104 Å². The van der Waals surface area contributed by atoms with Crippen LogP contribution in [0, 0.1) is 0 Å². The van der Waals surface area contributed by atoms with Gasteiger partial charge in [-0.25, -0.2) is 0 Å². The van der Waals surface area contributed by atoms with Crippen LogP contribution in [0.4, 0.5) is 0 Å². The number of carboxylic acid groups (broad SMARTS) is 1. The first-order chi connectivity index (χ1) is 7.92. The predicted octanol–water partition coefficient (Wildman–Crippen LogP) is -0.974. The summed E-state index contributed by atoms with van der Waals surface area (Å²) < 4.78 is 0. The van der Waals surface area contributed by atoms with Gasteiger partial charge in [0.25, 0.3) is 0 Å². The molecule has 6 heteroatoms. The summed E-state index contributed by atoms with van der Waals surface area (Å²) in [6.07, 6.45) is 0.840. The molecule has 0 spiro atoms. The zero-order valence-corrected chi connectivity index (χ0v) is 9.21. The van der Waals surface area contributed by atoms with Gasteiger partial charge in [-0.15, -0.1) is 0 Å². The zero-order chi connectivity index (χ0) is 12.6. The van der Waals surface area contributed by atoms with Crippen molar-refractivity contribution in [1.29, 1.82) is 0 Å². The summed E-state index contributed by atoms with van der Waals surface area (Å²) in [4.78, 5) is 10.8. The first kappa shape index (κ1) is 12.1. The van der Waals surface area contributed by atoms with Crippen LogP contribution in [0.5, 0.6) is 0 Å². The maximum absolute atomic E-state index is 10.8. The Morgan fingerprint density at radius 2 is 1.82 bits per heavy atom. The van der Waals surface area contributed by atoms with Gasteiger partial charge in [0.05, 0.1) is 0 Å². The van der Waals surface area contributed by atoms with Crippen molar-refractivity contribution in [3.63, 3.8) is 0 Å². The molecule has 1 aliphatic rings. The lowest BCUT2D eigenvalue weighted by atomic mass is 9.66. The fraction of sp³-hybridized carbons (Fsp3) is 0.364. The van der Waals surface area contributed by atoms with Gasteiger partial charge in [-0.1, -0.05) is 24.3 Å². The summed E-state index contributed by atoms with van der Waals surface area (Å²) in [5, 5.41) is 26.8. The molecule has 0 saturated heterocycles. The van der Waals surface area contributed by atoms with Gasteiger partial charge < -0.3 is 20.9 Å². The highest BCUT2D eigenvalue weighted by Crippen LogP contribution is 2.42. The molecule has 0 bridgehead atoms. The minimum absolute atomic E-state index is 0.140. The molecule has 1 fully saturated rings. The van der Waals surface area contributed by atoms with E-state index < -0.39 is 18.6 Å². The van der Waals surface area contributed by atoms with E-state index in [1.54, 1.807) is 24.3 Å². The molecule has 0 heterocycles. The van der Waals surface area contributed by atoms with Gasteiger partial charge in [0, 0.05) is 0 Å². The monoisotopic (exact) mass is 235 g/mol. The normalized spacial score (nSPS) is 27.4. The summed E-state index contributed by atoms with van der Waals surface area (Å²) in [7, 11) is -1.47. The summed E-state index contributed by atoms with van der Waals surface area (Å²) in [5.41, 5.74) is 5.98. The van der Waals surface area contributed by atoms with Crippen molar-refractivity contribution in [2.45, 2.75) is 24.3 Å². The molecule has 1 aromatic rings. The Morgan fingerprint density at radius 3 is 2.24 bits per heavy atom. The van der Waals surface area contributed by atoms with Gasteiger partial charge in [0.1, 0.15) is 5.54 Å². The molecule has 2 rings (SSSR count). The van der Waals surface area contributed by atoms with Crippen LogP contribution in [0.3, 0.4) is 0 Å². The van der Waals surface area contributed by atoms with Crippen LogP contribution in [0.2, 0.25) is 0 Å². The van der Waals surface area contributed by atoms with E-state index in [9.17, 15) is 4.79 Å². The highest BCUT2D eigenvalue weighted by Gasteiger charge is 2.47. The molecule has 0 amide bonds. The average molecular weight is 235 g/mol. The SMILES string of the molecule is NC1(C(=O)O)CC(c2ccc(B(O)O)cc2)C1. The number of nitrogens with two attached hydrogens (primary N) is 1. The fourth-order valence-corrected chi connectivity index (χ4v) is 2.17. The largest absolute Gasteiger partial charge is 0.488 e. The molecular weight excluding hydrogens is 221 g/mol. The van der Waals surface area contributed by atoms with Crippen LogP contribution in [-0.2, 0) is 4.79 Å². The van der Waals surface area contributed by atoms with E-state index in [2.05, 4.69) is 0 Å². The maximum Gasteiger partial charge on any atom is 0.488 e. The Balaban J connectivity index is 2.04. The van der Waals surface area contributed by atoms with E-state index in [4.69, 9.17) is 20.9 Å². The highest BCUT2D eigenvalue weighted by atomic mass is 16.4. The van der Waals surface area contributed by atoms with Crippen molar-refractivity contribution in [1.82, 2.24) is 0 Å². The molecule has 0 aromatic heterocycles. The lowest BCUT2D eigenvalue weighted by Gasteiger charge is -2.41. The van der Waals surface area contributed by atoms with Crippen LogP contribution in [0.1, 0.15) is 24.3 Å². The van der Waals surface area contributed by atoms with Gasteiger partial charge in [0.2, 0.25) is 0 Å². The van der Waals surface area contributed by atoms with Crippen molar-refractivity contribution < 1.29 is 19.9 Å². The third kappa shape index (κ3) is 2.19. The van der Waals surface area contributed by atoms with Crippen molar-refractivity contribution in [3.8, 4) is 0 Å². The Kier molecular flexibility index (Phi) is 2.95. The molecule has 0 atom stereocenters. The van der Waals surface area contributed by atoms with E-state index >= 15 is 0 Å². The van der Waals surface area contributed by atoms with Crippen molar-refractivity contribution in [2.24, 2.45) is 5.73 Å². The summed E-state index contributed by atoms with van der Waals surface area (Å²) in [5.74, 6) is -0.822. The van der Waals surface area contributed by atoms with Crippen LogP contribution in [0.25, 0.3) is 0 Å². The smallest absolute Gasteiger partial charge is 0.480 e. The van der Waals surface area contributed by atoms with Gasteiger partial charge in [-0.2, -0.15) is 0 Å². The molecule has 17 heavy (non-hydrogen) atoms. The summed E-state index contributed by atoms with van der Waals surface area (Å²) >= 11 is 0.